The number of hydrogen-bond donors (Lipinski definition) is 3. The Balaban J connectivity index is -0.000000130. The maximum atomic E-state index is 10.7. The van der Waals surface area contributed by atoms with Crippen molar-refractivity contribution in [2.75, 3.05) is 0 Å². The van der Waals surface area contributed by atoms with Gasteiger partial charge in [-0.15, -0.1) is 0 Å². The molecule has 0 amide bonds. The largest absolute Gasteiger partial charge is 0.522 e. The van der Waals surface area contributed by atoms with Gasteiger partial charge >= 0.3 is 46.9 Å². The molecule has 1 radical (unpaired) electrons. The van der Waals surface area contributed by atoms with Crippen molar-refractivity contribution in [3.05, 3.63) is 0 Å². The Bertz CT molecular complexity index is 596. The molecule has 0 atom stereocenters. The molecule has 3 N–H and O–H groups in total. The molecular weight excluding hydrogens is 622 g/mol. The predicted octanol–water partition coefficient (Wildman–Crippen LogP) is 1.18. The fourth-order valence-corrected chi connectivity index (χ4v) is 0. The summed E-state index contributed by atoms with van der Waals surface area (Å²) in [6.07, 6.45) is 0. The van der Waals surface area contributed by atoms with Crippen molar-refractivity contribution in [2.24, 2.45) is 0 Å². The summed E-state index contributed by atoms with van der Waals surface area (Å²) in [5.41, 5.74) is -16.6. The van der Waals surface area contributed by atoms with Crippen LogP contribution in [0.1, 0.15) is 0 Å². The maximum absolute atomic E-state index is 10.7. The summed E-state index contributed by atoms with van der Waals surface area (Å²) in [7, 11) is -17.5. The Morgan fingerprint density at radius 3 is 0.480 bits per heavy atom. The molecule has 25 heavy (non-hydrogen) atoms. The molecule has 0 aliphatic rings. The third kappa shape index (κ3) is 16.2. The van der Waals surface area contributed by atoms with E-state index in [2.05, 4.69) is 0 Å². The quantitative estimate of drug-likeness (QED) is 0.204. The minimum atomic E-state index is -5.84. The summed E-state index contributed by atoms with van der Waals surface area (Å²) < 4.78 is 173. The van der Waals surface area contributed by atoms with Gasteiger partial charge < -0.3 is 0 Å². The number of halogens is 9. The molecule has 0 aromatic carbocycles. The van der Waals surface area contributed by atoms with Crippen molar-refractivity contribution in [1.29, 1.82) is 0 Å². The Kier molecular flexibility index (Phi) is 13.2. The minimum Gasteiger partial charge on any atom is -0.279 e. The van der Waals surface area contributed by atoms with Crippen molar-refractivity contribution in [2.45, 2.75) is 16.5 Å². The smallest absolute Gasteiger partial charge is 0.279 e. The normalized spacial score (nSPS) is 13.4. The first-order valence-electron chi connectivity index (χ1n) is 3.86. The molecule has 0 aromatic rings. The first kappa shape index (κ1) is 33.0. The van der Waals surface area contributed by atoms with E-state index in [0.717, 1.165) is 0 Å². The number of rotatable bonds is 0. The standard InChI is InChI=1S/3CHF3O3S.Lu/c3*2-1(3,4)8(5,6)7;/h3*(H,5,6,7);. The van der Waals surface area contributed by atoms with Crippen LogP contribution in [0.15, 0.2) is 0 Å². The van der Waals surface area contributed by atoms with Gasteiger partial charge in [-0.2, -0.15) is 64.8 Å². The molecule has 0 rings (SSSR count). The third-order valence-electron chi connectivity index (χ3n) is 0.877. The van der Waals surface area contributed by atoms with Crippen molar-refractivity contribution in [3.8, 4) is 0 Å². The molecule has 165 valence electrons. The summed E-state index contributed by atoms with van der Waals surface area (Å²) >= 11 is 0. The van der Waals surface area contributed by atoms with Crippen LogP contribution in [0.3, 0.4) is 0 Å². The van der Waals surface area contributed by atoms with Gasteiger partial charge in [0.2, 0.25) is 0 Å². The van der Waals surface area contributed by atoms with E-state index in [9.17, 15) is 39.5 Å². The Morgan fingerprint density at radius 2 is 0.480 bits per heavy atom. The summed E-state index contributed by atoms with van der Waals surface area (Å²) in [5, 5.41) is 0. The van der Waals surface area contributed by atoms with E-state index < -0.39 is 46.9 Å². The molecular formula is C3H3F9LuO9S3. The predicted molar refractivity (Wildman–Crippen MR) is 52.8 cm³/mol. The van der Waals surface area contributed by atoms with Gasteiger partial charge in [0.25, 0.3) is 0 Å². The minimum absolute atomic E-state index is 0. The van der Waals surface area contributed by atoms with Crippen LogP contribution >= 0.6 is 0 Å². The first-order chi connectivity index (χ1) is 9.75. The van der Waals surface area contributed by atoms with Gasteiger partial charge in [-0.05, 0) is 0 Å². The van der Waals surface area contributed by atoms with Crippen molar-refractivity contribution >= 4 is 30.4 Å². The van der Waals surface area contributed by atoms with Crippen LogP contribution < -0.4 is 0 Å². The van der Waals surface area contributed by atoms with Gasteiger partial charge in [0.05, 0.1) is 0 Å². The van der Waals surface area contributed by atoms with Crippen LogP contribution in [0, 0.1) is 36.9 Å². The molecule has 0 aromatic heterocycles. The van der Waals surface area contributed by atoms with E-state index in [-0.39, 0.29) is 36.9 Å². The monoisotopic (exact) mass is 625 g/mol. The van der Waals surface area contributed by atoms with Crippen LogP contribution in [0.25, 0.3) is 0 Å². The van der Waals surface area contributed by atoms with Crippen molar-refractivity contribution in [1.82, 2.24) is 0 Å². The molecule has 22 heteroatoms. The summed E-state index contributed by atoms with van der Waals surface area (Å²) in [6.45, 7) is 0. The van der Waals surface area contributed by atoms with E-state index in [1.807, 2.05) is 0 Å². The van der Waals surface area contributed by atoms with Crippen LogP contribution in [0.2, 0.25) is 0 Å². The van der Waals surface area contributed by atoms with E-state index in [1.165, 1.54) is 0 Å². The SMILES string of the molecule is O=S(=O)(O)C(F)(F)F.O=S(=O)(O)C(F)(F)F.O=S(=O)(O)C(F)(F)F.[Lu]. The molecule has 0 unspecified atom stereocenters. The second-order valence-electron chi connectivity index (χ2n) is 2.76. The van der Waals surface area contributed by atoms with E-state index >= 15 is 0 Å². The molecule has 0 bridgehead atoms. The second-order valence-corrected chi connectivity index (χ2v) is 7.00. The average molecular weight is 625 g/mol. The average Bonchev–Trinajstić information content (AvgIpc) is 2.08. The van der Waals surface area contributed by atoms with Crippen molar-refractivity contribution < 1.29 is 115 Å². The molecule has 0 fully saturated rings. The summed E-state index contributed by atoms with van der Waals surface area (Å²) in [5.74, 6) is 0. The fraction of sp³-hybridized carbons (Fsp3) is 1.00. The number of alkyl halides is 9. The van der Waals surface area contributed by atoms with Gasteiger partial charge in [0, 0.05) is 36.9 Å². The van der Waals surface area contributed by atoms with Gasteiger partial charge in [-0.3, -0.25) is 13.7 Å². The van der Waals surface area contributed by atoms with E-state index in [0.29, 0.717) is 0 Å². The van der Waals surface area contributed by atoms with Crippen molar-refractivity contribution in [3.63, 3.8) is 0 Å². The maximum Gasteiger partial charge on any atom is 0.522 e. The molecule has 0 saturated carbocycles. The summed E-state index contributed by atoms with van der Waals surface area (Å²) in [6, 6.07) is 0. The van der Waals surface area contributed by atoms with E-state index in [4.69, 9.17) is 38.9 Å². The number of hydrogen-bond acceptors (Lipinski definition) is 6. The van der Waals surface area contributed by atoms with Crippen LogP contribution in [0.5, 0.6) is 0 Å². The second kappa shape index (κ2) is 10.0. The topological polar surface area (TPSA) is 163 Å². The zero-order valence-corrected chi connectivity index (χ0v) is 14.3. The molecule has 9 nitrogen and oxygen atoms in total. The van der Waals surface area contributed by atoms with E-state index in [1.54, 1.807) is 0 Å². The third-order valence-corrected chi connectivity index (χ3v) is 2.63. The Morgan fingerprint density at radius 1 is 0.440 bits per heavy atom. The van der Waals surface area contributed by atoms with Crippen LogP contribution in [-0.2, 0) is 30.4 Å². The Hall–Kier alpha value is 0.334. The van der Waals surface area contributed by atoms with Crippen LogP contribution in [-0.4, -0.2) is 55.4 Å². The Labute approximate surface area is 161 Å². The van der Waals surface area contributed by atoms with Gasteiger partial charge in [-0.25, -0.2) is 0 Å². The summed E-state index contributed by atoms with van der Waals surface area (Å²) in [4.78, 5) is 0. The molecule has 0 heterocycles. The molecule has 0 aliphatic heterocycles. The zero-order chi connectivity index (χ0) is 21.0. The molecule has 0 aliphatic carbocycles. The first-order valence-corrected chi connectivity index (χ1v) is 8.18. The van der Waals surface area contributed by atoms with Crippen LogP contribution in [0.4, 0.5) is 39.5 Å². The molecule has 0 spiro atoms. The van der Waals surface area contributed by atoms with Gasteiger partial charge in [0.15, 0.2) is 0 Å². The van der Waals surface area contributed by atoms with Gasteiger partial charge in [0.1, 0.15) is 0 Å². The molecule has 0 saturated heterocycles. The fourth-order valence-electron chi connectivity index (χ4n) is 0. The van der Waals surface area contributed by atoms with Gasteiger partial charge in [-0.1, -0.05) is 0 Å². The zero-order valence-electron chi connectivity index (χ0n) is 10.2.